The van der Waals surface area contributed by atoms with Crippen LogP contribution in [0.2, 0.25) is 0 Å². The van der Waals surface area contributed by atoms with Gasteiger partial charge in [-0.15, -0.1) is 0 Å². The van der Waals surface area contributed by atoms with Crippen molar-refractivity contribution in [3.05, 3.63) is 11.4 Å². The lowest BCUT2D eigenvalue weighted by Gasteiger charge is -2.02. The van der Waals surface area contributed by atoms with Crippen molar-refractivity contribution < 1.29 is 0 Å². The Hall–Kier alpha value is -0.990. The second kappa shape index (κ2) is 2.76. The first-order chi connectivity index (χ1) is 6.45. The van der Waals surface area contributed by atoms with E-state index in [1.165, 1.54) is 43.5 Å². The van der Waals surface area contributed by atoms with Crippen LogP contribution in [0.1, 0.15) is 30.7 Å². The summed E-state index contributed by atoms with van der Waals surface area (Å²) in [5, 5.41) is 3.33. The molecule has 0 saturated carbocycles. The predicted molar refractivity (Wildman–Crippen MR) is 52.0 cm³/mol. The van der Waals surface area contributed by atoms with E-state index in [-0.39, 0.29) is 0 Å². The Morgan fingerprint density at radius 3 is 3.08 bits per heavy atom. The van der Waals surface area contributed by atoms with E-state index in [2.05, 4.69) is 14.9 Å². The lowest BCUT2D eigenvalue weighted by Crippen LogP contribution is -2.01. The van der Waals surface area contributed by atoms with Crippen LogP contribution in [0.25, 0.3) is 0 Å². The summed E-state index contributed by atoms with van der Waals surface area (Å²) in [4.78, 5) is 4.64. The van der Waals surface area contributed by atoms with Crippen LogP contribution in [-0.4, -0.2) is 16.1 Å². The fourth-order valence-corrected chi connectivity index (χ4v) is 2.43. The van der Waals surface area contributed by atoms with Gasteiger partial charge in [0.15, 0.2) is 0 Å². The van der Waals surface area contributed by atoms with Gasteiger partial charge < -0.3 is 9.88 Å². The molecule has 1 aliphatic carbocycles. The van der Waals surface area contributed by atoms with Gasteiger partial charge in [-0.1, -0.05) is 6.42 Å². The molecule has 3 nitrogen and oxygen atoms in total. The Labute approximate surface area is 78.2 Å². The van der Waals surface area contributed by atoms with Crippen LogP contribution in [-0.2, 0) is 19.4 Å². The molecular weight excluding hydrogens is 162 g/mol. The monoisotopic (exact) mass is 177 g/mol. The summed E-state index contributed by atoms with van der Waals surface area (Å²) in [5.41, 5.74) is 2.87. The van der Waals surface area contributed by atoms with E-state index in [9.17, 15) is 0 Å². The number of imidazole rings is 1. The number of hydrogen-bond donors (Lipinski definition) is 1. The number of aryl methyl sites for hydroxylation is 1. The molecule has 0 saturated heterocycles. The van der Waals surface area contributed by atoms with E-state index in [0.29, 0.717) is 0 Å². The normalized spacial score (nSPS) is 20.3. The van der Waals surface area contributed by atoms with Gasteiger partial charge in [0.2, 0.25) is 5.95 Å². The van der Waals surface area contributed by atoms with Gasteiger partial charge in [0.25, 0.3) is 0 Å². The van der Waals surface area contributed by atoms with Gasteiger partial charge in [-0.25, -0.2) is 4.98 Å². The zero-order valence-corrected chi connectivity index (χ0v) is 7.84. The molecule has 70 valence electrons. The van der Waals surface area contributed by atoms with Gasteiger partial charge in [-0.2, -0.15) is 0 Å². The third-order valence-electron chi connectivity index (χ3n) is 3.10. The molecule has 0 radical (unpaired) electrons. The average Bonchev–Trinajstić information content (AvgIpc) is 2.61. The molecule has 0 spiro atoms. The topological polar surface area (TPSA) is 29.9 Å². The Morgan fingerprint density at radius 1 is 1.15 bits per heavy atom. The first-order valence-corrected chi connectivity index (χ1v) is 5.27. The summed E-state index contributed by atoms with van der Waals surface area (Å²) < 4.78 is 2.38. The van der Waals surface area contributed by atoms with Crippen molar-refractivity contribution in [3.8, 4) is 0 Å². The average molecular weight is 177 g/mol. The molecule has 0 aromatic carbocycles. The number of anilines is 1. The van der Waals surface area contributed by atoms with E-state index in [1.807, 2.05) is 0 Å². The van der Waals surface area contributed by atoms with Crippen LogP contribution in [0.3, 0.4) is 0 Å². The maximum absolute atomic E-state index is 4.64. The number of nitrogens with one attached hydrogen (secondary N) is 1. The summed E-state index contributed by atoms with van der Waals surface area (Å²) >= 11 is 0. The largest absolute Gasteiger partial charge is 0.354 e. The molecule has 0 fully saturated rings. The summed E-state index contributed by atoms with van der Waals surface area (Å²) in [5.74, 6) is 1.12. The van der Waals surface area contributed by atoms with Gasteiger partial charge in [-0.3, -0.25) is 0 Å². The standard InChI is InChI=1S/C10H15N3/c1-2-4-8-9(5-3-1)13-7-6-11-10(13)12-8/h1-7H2,(H,11,12). The SMILES string of the molecule is C1CCc2nc3n(c2CC1)CCN3. The molecule has 3 heteroatoms. The summed E-state index contributed by atoms with van der Waals surface area (Å²) in [6, 6.07) is 0. The molecule has 1 N–H and O–H groups in total. The maximum atomic E-state index is 4.64. The molecule has 2 aliphatic rings. The number of hydrogen-bond acceptors (Lipinski definition) is 2. The minimum Gasteiger partial charge on any atom is -0.354 e. The molecule has 1 aromatic heterocycles. The Kier molecular flexibility index (Phi) is 1.57. The molecule has 0 atom stereocenters. The Morgan fingerprint density at radius 2 is 2.08 bits per heavy atom. The van der Waals surface area contributed by atoms with Gasteiger partial charge >= 0.3 is 0 Å². The second-order valence-electron chi connectivity index (χ2n) is 3.97. The molecule has 0 amide bonds. The maximum Gasteiger partial charge on any atom is 0.203 e. The van der Waals surface area contributed by atoms with E-state index in [1.54, 1.807) is 0 Å². The van der Waals surface area contributed by atoms with Crippen molar-refractivity contribution >= 4 is 5.95 Å². The quantitative estimate of drug-likeness (QED) is 0.610. The number of fused-ring (bicyclic) bond motifs is 3. The van der Waals surface area contributed by atoms with Crippen LogP contribution in [0.4, 0.5) is 5.95 Å². The van der Waals surface area contributed by atoms with Crippen molar-refractivity contribution in [2.75, 3.05) is 11.9 Å². The highest BCUT2D eigenvalue weighted by Crippen LogP contribution is 2.25. The van der Waals surface area contributed by atoms with Crippen LogP contribution in [0, 0.1) is 0 Å². The van der Waals surface area contributed by atoms with E-state index >= 15 is 0 Å². The third kappa shape index (κ3) is 1.06. The first kappa shape index (κ1) is 7.42. The number of aromatic nitrogens is 2. The van der Waals surface area contributed by atoms with Crippen molar-refractivity contribution in [1.82, 2.24) is 9.55 Å². The first-order valence-electron chi connectivity index (χ1n) is 5.27. The fourth-order valence-electron chi connectivity index (χ4n) is 2.43. The Balaban J connectivity index is 2.06. The molecule has 1 aromatic rings. The molecule has 0 unspecified atom stereocenters. The zero-order chi connectivity index (χ0) is 8.67. The lowest BCUT2D eigenvalue weighted by molar-refractivity contribution is 0.681. The highest BCUT2D eigenvalue weighted by atomic mass is 15.3. The molecule has 1 aliphatic heterocycles. The summed E-state index contributed by atoms with van der Waals surface area (Å²) in [7, 11) is 0. The predicted octanol–water partition coefficient (Wildman–Crippen LogP) is 1.58. The van der Waals surface area contributed by atoms with Gasteiger partial charge in [0.05, 0.1) is 5.69 Å². The van der Waals surface area contributed by atoms with Gasteiger partial charge in [0, 0.05) is 18.8 Å². The lowest BCUT2D eigenvalue weighted by atomic mass is 10.2. The van der Waals surface area contributed by atoms with Crippen molar-refractivity contribution in [1.29, 1.82) is 0 Å². The molecule has 0 bridgehead atoms. The van der Waals surface area contributed by atoms with Crippen LogP contribution < -0.4 is 5.32 Å². The zero-order valence-electron chi connectivity index (χ0n) is 7.84. The fraction of sp³-hybridized carbons (Fsp3) is 0.700. The van der Waals surface area contributed by atoms with E-state index in [0.717, 1.165) is 19.0 Å². The molecule has 13 heavy (non-hydrogen) atoms. The van der Waals surface area contributed by atoms with E-state index in [4.69, 9.17) is 0 Å². The van der Waals surface area contributed by atoms with Gasteiger partial charge in [-0.05, 0) is 25.7 Å². The van der Waals surface area contributed by atoms with Gasteiger partial charge in [0.1, 0.15) is 0 Å². The van der Waals surface area contributed by atoms with Crippen LogP contribution in [0.5, 0.6) is 0 Å². The highest BCUT2D eigenvalue weighted by Gasteiger charge is 2.21. The van der Waals surface area contributed by atoms with Crippen molar-refractivity contribution in [3.63, 3.8) is 0 Å². The van der Waals surface area contributed by atoms with Crippen molar-refractivity contribution in [2.45, 2.75) is 38.6 Å². The van der Waals surface area contributed by atoms with Crippen LogP contribution >= 0.6 is 0 Å². The Bertz CT molecular complexity index is 327. The highest BCUT2D eigenvalue weighted by molar-refractivity contribution is 5.38. The molecule has 2 heterocycles. The van der Waals surface area contributed by atoms with Crippen molar-refractivity contribution in [2.24, 2.45) is 0 Å². The number of rotatable bonds is 0. The third-order valence-corrected chi connectivity index (χ3v) is 3.10. The summed E-state index contributed by atoms with van der Waals surface area (Å²) in [6.45, 7) is 2.19. The van der Waals surface area contributed by atoms with Crippen LogP contribution in [0.15, 0.2) is 0 Å². The minimum atomic E-state index is 1.07. The number of nitrogens with zero attached hydrogens (tertiary/aromatic N) is 2. The molecule has 3 rings (SSSR count). The second-order valence-corrected chi connectivity index (χ2v) is 3.97. The summed E-state index contributed by atoms with van der Waals surface area (Å²) in [6.07, 6.45) is 6.47. The molecular formula is C10H15N3. The van der Waals surface area contributed by atoms with E-state index < -0.39 is 0 Å². The smallest absolute Gasteiger partial charge is 0.203 e. The minimum absolute atomic E-state index is 1.07.